The quantitative estimate of drug-likeness (QED) is 0.742. The van der Waals surface area contributed by atoms with Crippen LogP contribution in [0.1, 0.15) is 0 Å². The third-order valence-corrected chi connectivity index (χ3v) is 5.38. The van der Waals surface area contributed by atoms with Gasteiger partial charge in [0, 0.05) is 30.3 Å². The molecule has 1 saturated heterocycles. The van der Waals surface area contributed by atoms with Crippen molar-refractivity contribution in [3.05, 3.63) is 22.2 Å². The van der Waals surface area contributed by atoms with Crippen molar-refractivity contribution >= 4 is 42.9 Å². The fourth-order valence-electron chi connectivity index (χ4n) is 1.92. The van der Waals surface area contributed by atoms with E-state index in [0.717, 1.165) is 32.8 Å². The largest absolute Gasteiger partial charge is 0.491 e. The van der Waals surface area contributed by atoms with Crippen molar-refractivity contribution in [1.29, 1.82) is 0 Å². The van der Waals surface area contributed by atoms with Gasteiger partial charge < -0.3 is 9.47 Å². The van der Waals surface area contributed by atoms with Crippen molar-refractivity contribution in [1.82, 2.24) is 4.90 Å². The third kappa shape index (κ3) is 4.61. The maximum absolute atomic E-state index is 11.3. The molecule has 1 fully saturated rings. The van der Waals surface area contributed by atoms with Crippen LogP contribution in [0.4, 0.5) is 0 Å². The Morgan fingerprint density at radius 1 is 1.19 bits per heavy atom. The first-order valence-corrected chi connectivity index (χ1v) is 9.31. The molecule has 9 heteroatoms. The second-order valence-electron chi connectivity index (χ2n) is 4.43. The van der Waals surface area contributed by atoms with E-state index in [9.17, 15) is 8.42 Å². The van der Waals surface area contributed by atoms with Crippen LogP contribution in [-0.4, -0.2) is 52.8 Å². The molecule has 1 aliphatic rings. The van der Waals surface area contributed by atoms with E-state index in [1.807, 2.05) is 0 Å². The molecule has 21 heavy (non-hydrogen) atoms. The number of morpholine rings is 1. The van der Waals surface area contributed by atoms with Crippen LogP contribution in [0.15, 0.2) is 17.0 Å². The minimum Gasteiger partial charge on any atom is -0.491 e. The lowest BCUT2D eigenvalue weighted by Crippen LogP contribution is -2.38. The van der Waals surface area contributed by atoms with Gasteiger partial charge in [-0.15, -0.1) is 0 Å². The van der Waals surface area contributed by atoms with Gasteiger partial charge in [-0.3, -0.25) is 4.90 Å². The van der Waals surface area contributed by atoms with Gasteiger partial charge in [-0.25, -0.2) is 8.42 Å². The molecule has 0 aromatic heterocycles. The van der Waals surface area contributed by atoms with E-state index in [0.29, 0.717) is 12.4 Å². The molecule has 1 aromatic rings. The van der Waals surface area contributed by atoms with Crippen LogP contribution in [0.3, 0.4) is 0 Å². The van der Waals surface area contributed by atoms with Crippen molar-refractivity contribution < 1.29 is 17.9 Å². The summed E-state index contributed by atoms with van der Waals surface area (Å²) in [5.74, 6) is 0.332. The van der Waals surface area contributed by atoms with Gasteiger partial charge in [-0.1, -0.05) is 23.2 Å². The van der Waals surface area contributed by atoms with Crippen LogP contribution >= 0.6 is 33.9 Å². The number of hydrogen-bond donors (Lipinski definition) is 0. The van der Waals surface area contributed by atoms with Gasteiger partial charge in [0.15, 0.2) is 0 Å². The summed E-state index contributed by atoms with van der Waals surface area (Å²) in [6, 6.07) is 2.73. The molecule has 0 saturated carbocycles. The monoisotopic (exact) mass is 373 g/mol. The summed E-state index contributed by atoms with van der Waals surface area (Å²) in [6.07, 6.45) is 0. The summed E-state index contributed by atoms with van der Waals surface area (Å²) < 4.78 is 33.4. The Labute approximate surface area is 138 Å². The van der Waals surface area contributed by atoms with Gasteiger partial charge in [-0.05, 0) is 12.1 Å². The van der Waals surface area contributed by atoms with E-state index in [-0.39, 0.29) is 14.9 Å². The van der Waals surface area contributed by atoms with Crippen molar-refractivity contribution in [2.24, 2.45) is 0 Å². The number of rotatable bonds is 5. The molecule has 1 heterocycles. The van der Waals surface area contributed by atoms with Crippen molar-refractivity contribution in [3.63, 3.8) is 0 Å². The van der Waals surface area contributed by atoms with E-state index >= 15 is 0 Å². The Balaban J connectivity index is 1.99. The topological polar surface area (TPSA) is 55.8 Å². The molecule has 0 bridgehead atoms. The molecule has 118 valence electrons. The average Bonchev–Trinajstić information content (AvgIpc) is 2.43. The summed E-state index contributed by atoms with van der Waals surface area (Å²) in [4.78, 5) is 1.98. The van der Waals surface area contributed by atoms with E-state index in [2.05, 4.69) is 4.90 Å². The first-order valence-electron chi connectivity index (χ1n) is 6.25. The Kier molecular flexibility index (Phi) is 5.99. The molecular formula is C12H14Cl3NO4S. The zero-order valence-corrected chi connectivity index (χ0v) is 14.1. The lowest BCUT2D eigenvalue weighted by atomic mass is 10.3. The van der Waals surface area contributed by atoms with Crippen LogP contribution in [0.5, 0.6) is 5.75 Å². The van der Waals surface area contributed by atoms with E-state index in [1.165, 1.54) is 12.1 Å². The highest BCUT2D eigenvalue weighted by Gasteiger charge is 2.20. The molecule has 0 amide bonds. The minimum atomic E-state index is -3.93. The normalized spacial score (nSPS) is 16.9. The van der Waals surface area contributed by atoms with Crippen LogP contribution in [0.2, 0.25) is 10.0 Å². The molecule has 0 atom stereocenters. The summed E-state index contributed by atoms with van der Waals surface area (Å²) in [6.45, 7) is 4.31. The third-order valence-electron chi connectivity index (χ3n) is 3.04. The van der Waals surface area contributed by atoms with Gasteiger partial charge >= 0.3 is 0 Å². The first kappa shape index (κ1) is 17.1. The Morgan fingerprint density at radius 3 is 2.48 bits per heavy atom. The molecule has 2 rings (SSSR count). The predicted molar refractivity (Wildman–Crippen MR) is 82.3 cm³/mol. The van der Waals surface area contributed by atoms with E-state index in [1.54, 1.807) is 0 Å². The molecule has 0 N–H and O–H groups in total. The Hall–Kier alpha value is -0.240. The lowest BCUT2D eigenvalue weighted by molar-refractivity contribution is 0.0322. The highest BCUT2D eigenvalue weighted by atomic mass is 35.7. The molecular weight excluding hydrogens is 361 g/mol. The standard InChI is InChI=1S/C12H14Cl3NO4S/c13-11-9(1-2-10(12(11)14)21(15,17)18)20-8-5-16-3-6-19-7-4-16/h1-2H,3-8H2. The SMILES string of the molecule is O=S(=O)(Cl)c1ccc(OCCN2CCOCC2)c(Cl)c1Cl. The number of halogens is 3. The number of benzene rings is 1. The fraction of sp³-hybridized carbons (Fsp3) is 0.500. The molecule has 5 nitrogen and oxygen atoms in total. The van der Waals surface area contributed by atoms with Gasteiger partial charge in [0.1, 0.15) is 22.3 Å². The maximum Gasteiger partial charge on any atom is 0.262 e. The van der Waals surface area contributed by atoms with Crippen LogP contribution in [0.25, 0.3) is 0 Å². The Morgan fingerprint density at radius 2 is 1.86 bits per heavy atom. The minimum absolute atomic E-state index is 0.0420. The van der Waals surface area contributed by atoms with Crippen LogP contribution in [-0.2, 0) is 13.8 Å². The molecule has 1 aliphatic heterocycles. The predicted octanol–water partition coefficient (Wildman–Crippen LogP) is 2.63. The average molecular weight is 375 g/mol. The summed E-state index contributed by atoms with van der Waals surface area (Å²) in [5.41, 5.74) is 0. The zero-order chi connectivity index (χ0) is 15.5. The van der Waals surface area contributed by atoms with Crippen molar-refractivity contribution in [2.45, 2.75) is 4.90 Å². The summed E-state index contributed by atoms with van der Waals surface area (Å²) in [7, 11) is 1.33. The lowest BCUT2D eigenvalue weighted by Gasteiger charge is -2.26. The molecule has 1 aromatic carbocycles. The van der Waals surface area contributed by atoms with Gasteiger partial charge in [-0.2, -0.15) is 0 Å². The highest BCUT2D eigenvalue weighted by Crippen LogP contribution is 2.37. The molecule has 0 aliphatic carbocycles. The molecule has 0 spiro atoms. The highest BCUT2D eigenvalue weighted by molar-refractivity contribution is 8.13. The van der Waals surface area contributed by atoms with E-state index in [4.69, 9.17) is 43.4 Å². The second kappa shape index (κ2) is 7.35. The zero-order valence-electron chi connectivity index (χ0n) is 11.0. The number of ether oxygens (including phenoxy) is 2. The number of hydrogen-bond acceptors (Lipinski definition) is 5. The Bertz CT molecular complexity index is 603. The summed E-state index contributed by atoms with van der Waals surface area (Å²) >= 11 is 11.9. The van der Waals surface area contributed by atoms with Crippen molar-refractivity contribution in [2.75, 3.05) is 39.5 Å². The van der Waals surface area contributed by atoms with Crippen LogP contribution in [0, 0.1) is 0 Å². The van der Waals surface area contributed by atoms with Gasteiger partial charge in [0.25, 0.3) is 9.05 Å². The molecule has 0 radical (unpaired) electrons. The first-order chi connectivity index (χ1) is 9.89. The smallest absolute Gasteiger partial charge is 0.262 e. The fourth-order valence-corrected chi connectivity index (χ4v) is 3.71. The van der Waals surface area contributed by atoms with Gasteiger partial charge in [0.05, 0.1) is 18.2 Å². The number of nitrogens with zero attached hydrogens (tertiary/aromatic N) is 1. The van der Waals surface area contributed by atoms with Crippen molar-refractivity contribution in [3.8, 4) is 5.75 Å². The van der Waals surface area contributed by atoms with E-state index < -0.39 is 9.05 Å². The second-order valence-corrected chi connectivity index (χ2v) is 7.72. The maximum atomic E-state index is 11.3. The molecule has 0 unspecified atom stereocenters. The summed E-state index contributed by atoms with van der Waals surface area (Å²) in [5, 5.41) is -0.0871. The van der Waals surface area contributed by atoms with Gasteiger partial charge in [0.2, 0.25) is 0 Å². The van der Waals surface area contributed by atoms with Crippen LogP contribution < -0.4 is 4.74 Å².